The van der Waals surface area contributed by atoms with Crippen LogP contribution >= 0.6 is 11.3 Å². The van der Waals surface area contributed by atoms with Crippen LogP contribution in [0.3, 0.4) is 0 Å². The predicted octanol–water partition coefficient (Wildman–Crippen LogP) is 4.89. The van der Waals surface area contributed by atoms with E-state index in [2.05, 4.69) is 55.7 Å². The molecule has 1 atom stereocenters. The molecule has 1 aromatic carbocycles. The number of nitrogens with one attached hydrogen (secondary N) is 1. The first-order valence-electron chi connectivity index (χ1n) is 7.67. The summed E-state index contributed by atoms with van der Waals surface area (Å²) in [6.07, 6.45) is 5.26. The average Bonchev–Trinajstić information content (AvgIpc) is 2.87. The minimum atomic E-state index is 0.334. The van der Waals surface area contributed by atoms with E-state index < -0.39 is 0 Å². The Labute approximate surface area is 126 Å². The van der Waals surface area contributed by atoms with Gasteiger partial charge in [-0.1, -0.05) is 37.6 Å². The Kier molecular flexibility index (Phi) is 4.23. The highest BCUT2D eigenvalue weighted by Crippen LogP contribution is 2.38. The van der Waals surface area contributed by atoms with Crippen LogP contribution in [0.15, 0.2) is 36.4 Å². The van der Waals surface area contributed by atoms with Crippen LogP contribution in [-0.2, 0) is 6.42 Å². The van der Waals surface area contributed by atoms with Crippen LogP contribution in [0, 0.1) is 0 Å². The lowest BCUT2D eigenvalue weighted by Gasteiger charge is -2.27. The molecule has 1 aliphatic carbocycles. The first-order valence-corrected chi connectivity index (χ1v) is 8.49. The summed E-state index contributed by atoms with van der Waals surface area (Å²) in [5, 5.41) is 3.48. The molecule has 106 valence electrons. The number of aryl methyl sites for hydroxylation is 1. The maximum Gasteiger partial charge on any atom is 0.0668 e. The fourth-order valence-electron chi connectivity index (χ4n) is 2.95. The van der Waals surface area contributed by atoms with Crippen LogP contribution in [0.5, 0.6) is 0 Å². The highest BCUT2D eigenvalue weighted by Gasteiger charge is 2.21. The Bertz CT molecular complexity index is 568. The molecule has 1 fully saturated rings. The smallest absolute Gasteiger partial charge is 0.0668 e. The molecule has 3 rings (SSSR count). The molecule has 1 N–H and O–H groups in total. The van der Waals surface area contributed by atoms with Gasteiger partial charge in [-0.15, -0.1) is 11.3 Å². The normalized spacial score (nSPS) is 16.9. The van der Waals surface area contributed by atoms with Crippen LogP contribution in [0.4, 0.5) is 0 Å². The second-order valence-electron chi connectivity index (χ2n) is 5.68. The molecule has 0 spiro atoms. The summed E-state index contributed by atoms with van der Waals surface area (Å²) in [6.45, 7) is 2.22. The van der Waals surface area contributed by atoms with Crippen LogP contribution in [0.2, 0.25) is 0 Å². The summed E-state index contributed by atoms with van der Waals surface area (Å²) in [5.74, 6) is 0.807. The fraction of sp³-hybridized carbons (Fsp3) is 0.444. The zero-order valence-corrected chi connectivity index (χ0v) is 13.2. The molecule has 0 aliphatic heterocycles. The van der Waals surface area contributed by atoms with Gasteiger partial charge < -0.3 is 5.32 Å². The van der Waals surface area contributed by atoms with Crippen molar-refractivity contribution in [3.8, 4) is 0 Å². The number of thiophene rings is 1. The van der Waals surface area contributed by atoms with Gasteiger partial charge in [0.05, 0.1) is 6.04 Å². The van der Waals surface area contributed by atoms with E-state index in [1.807, 2.05) is 11.3 Å². The van der Waals surface area contributed by atoms with Crippen molar-refractivity contribution in [3.63, 3.8) is 0 Å². The summed E-state index contributed by atoms with van der Waals surface area (Å²) in [4.78, 5) is 2.89. The Morgan fingerprint density at radius 1 is 1.25 bits per heavy atom. The molecule has 0 bridgehead atoms. The lowest BCUT2D eigenvalue weighted by atomic mass is 9.79. The lowest BCUT2D eigenvalue weighted by molar-refractivity contribution is 0.419. The predicted molar refractivity (Wildman–Crippen MR) is 87.6 cm³/mol. The molecule has 20 heavy (non-hydrogen) atoms. The Morgan fingerprint density at radius 2 is 2.10 bits per heavy atom. The summed E-state index contributed by atoms with van der Waals surface area (Å²) in [7, 11) is 2.06. The molecule has 0 amide bonds. The molecule has 1 nitrogen and oxygen atoms in total. The minimum absolute atomic E-state index is 0.334. The van der Waals surface area contributed by atoms with Crippen LogP contribution < -0.4 is 5.32 Å². The Morgan fingerprint density at radius 3 is 2.70 bits per heavy atom. The highest BCUT2D eigenvalue weighted by molar-refractivity contribution is 7.12. The SMILES string of the molecule is CCc1ccc(C(NC)c2cccc(C3CCC3)c2)s1. The summed E-state index contributed by atoms with van der Waals surface area (Å²) < 4.78 is 0. The Balaban J connectivity index is 1.88. The second kappa shape index (κ2) is 6.11. The zero-order chi connectivity index (χ0) is 13.9. The van der Waals surface area contributed by atoms with Gasteiger partial charge in [0.25, 0.3) is 0 Å². The van der Waals surface area contributed by atoms with E-state index in [1.54, 1.807) is 0 Å². The molecule has 1 heterocycles. The van der Waals surface area contributed by atoms with Crippen molar-refractivity contribution < 1.29 is 0 Å². The third kappa shape index (κ3) is 2.68. The second-order valence-corrected chi connectivity index (χ2v) is 6.88. The van der Waals surface area contributed by atoms with Gasteiger partial charge in [0, 0.05) is 9.75 Å². The van der Waals surface area contributed by atoms with Gasteiger partial charge in [-0.05, 0) is 55.5 Å². The standard InChI is InChI=1S/C18H23NS/c1-3-16-10-11-17(20-16)18(19-2)15-9-5-8-14(12-15)13-6-4-7-13/h5,8-13,18-19H,3-4,6-7H2,1-2H3. The van der Waals surface area contributed by atoms with Crippen molar-refractivity contribution in [2.45, 2.75) is 44.6 Å². The van der Waals surface area contributed by atoms with Crippen LogP contribution in [0.1, 0.15) is 59.0 Å². The number of hydrogen-bond acceptors (Lipinski definition) is 2. The van der Waals surface area contributed by atoms with Gasteiger partial charge in [-0.25, -0.2) is 0 Å². The maximum absolute atomic E-state index is 3.48. The van der Waals surface area contributed by atoms with E-state index in [0.717, 1.165) is 12.3 Å². The molecule has 2 heteroatoms. The monoisotopic (exact) mass is 285 g/mol. The van der Waals surface area contributed by atoms with Gasteiger partial charge in [-0.3, -0.25) is 0 Å². The average molecular weight is 285 g/mol. The molecule has 1 saturated carbocycles. The summed E-state index contributed by atoms with van der Waals surface area (Å²) in [6, 6.07) is 14.1. The van der Waals surface area contributed by atoms with Crippen LogP contribution in [-0.4, -0.2) is 7.05 Å². The first kappa shape index (κ1) is 13.8. The van der Waals surface area contributed by atoms with Gasteiger partial charge in [-0.2, -0.15) is 0 Å². The van der Waals surface area contributed by atoms with Crippen molar-refractivity contribution in [3.05, 3.63) is 57.3 Å². The van der Waals surface area contributed by atoms with Crippen molar-refractivity contribution in [1.82, 2.24) is 5.32 Å². The van der Waals surface area contributed by atoms with Crippen molar-refractivity contribution in [2.75, 3.05) is 7.05 Å². The van der Waals surface area contributed by atoms with Gasteiger partial charge >= 0.3 is 0 Å². The maximum atomic E-state index is 3.48. The molecule has 1 aliphatic rings. The minimum Gasteiger partial charge on any atom is -0.309 e. The van der Waals surface area contributed by atoms with E-state index >= 15 is 0 Å². The first-order chi connectivity index (χ1) is 9.81. The van der Waals surface area contributed by atoms with E-state index in [9.17, 15) is 0 Å². The van der Waals surface area contributed by atoms with Crippen molar-refractivity contribution in [2.24, 2.45) is 0 Å². The highest BCUT2D eigenvalue weighted by atomic mass is 32.1. The molecule has 1 unspecified atom stereocenters. The van der Waals surface area contributed by atoms with Crippen molar-refractivity contribution in [1.29, 1.82) is 0 Å². The molecule has 2 aromatic rings. The molecule has 0 radical (unpaired) electrons. The summed E-state index contributed by atoms with van der Waals surface area (Å²) in [5.41, 5.74) is 2.93. The number of rotatable bonds is 5. The van der Waals surface area contributed by atoms with Crippen LogP contribution in [0.25, 0.3) is 0 Å². The Hall–Kier alpha value is -1.12. The third-order valence-electron chi connectivity index (χ3n) is 4.42. The van der Waals surface area contributed by atoms with Gasteiger partial charge in [0.15, 0.2) is 0 Å². The zero-order valence-electron chi connectivity index (χ0n) is 12.4. The van der Waals surface area contributed by atoms with Gasteiger partial charge in [0.2, 0.25) is 0 Å². The molecular formula is C18H23NS. The van der Waals surface area contributed by atoms with Gasteiger partial charge in [0.1, 0.15) is 0 Å². The fourth-order valence-corrected chi connectivity index (χ4v) is 4.04. The topological polar surface area (TPSA) is 12.0 Å². The van der Waals surface area contributed by atoms with E-state index in [1.165, 1.54) is 40.1 Å². The molecular weight excluding hydrogens is 262 g/mol. The third-order valence-corrected chi connectivity index (χ3v) is 5.72. The summed E-state index contributed by atoms with van der Waals surface area (Å²) >= 11 is 1.93. The van der Waals surface area contributed by atoms with E-state index in [0.29, 0.717) is 6.04 Å². The van der Waals surface area contributed by atoms with Crippen molar-refractivity contribution >= 4 is 11.3 Å². The molecule has 0 saturated heterocycles. The molecule has 1 aromatic heterocycles. The van der Waals surface area contributed by atoms with E-state index in [-0.39, 0.29) is 0 Å². The quantitative estimate of drug-likeness (QED) is 0.825. The largest absolute Gasteiger partial charge is 0.309 e. The number of benzene rings is 1. The number of hydrogen-bond donors (Lipinski definition) is 1. The lowest BCUT2D eigenvalue weighted by Crippen LogP contribution is -2.17. The van der Waals surface area contributed by atoms with E-state index in [4.69, 9.17) is 0 Å².